The molecule has 0 saturated carbocycles. The first-order valence-corrected chi connectivity index (χ1v) is 8.22. The molecule has 0 spiro atoms. The molecular weight excluding hydrogens is 305 g/mol. The molecule has 0 radical (unpaired) electrons. The van der Waals surface area contributed by atoms with Crippen LogP contribution in [0.25, 0.3) is 0 Å². The highest BCUT2D eigenvalue weighted by Crippen LogP contribution is 2.25. The number of benzene rings is 1. The first-order chi connectivity index (χ1) is 11.0. The second-order valence-corrected chi connectivity index (χ2v) is 6.44. The van der Waals surface area contributed by atoms with E-state index in [9.17, 15) is 13.2 Å². The minimum absolute atomic E-state index is 0.0522. The monoisotopic (exact) mass is 328 g/mol. The van der Waals surface area contributed by atoms with Gasteiger partial charge in [0.1, 0.15) is 6.04 Å². The number of nitrogens with zero attached hydrogens (tertiary/aromatic N) is 1. The van der Waals surface area contributed by atoms with Crippen LogP contribution in [0, 0.1) is 0 Å². The van der Waals surface area contributed by atoms with Crippen LogP contribution in [0.3, 0.4) is 0 Å². The fraction of sp³-hybridized carbons (Fsp3) is 0.647. The van der Waals surface area contributed by atoms with E-state index in [2.05, 4.69) is 10.2 Å². The summed E-state index contributed by atoms with van der Waals surface area (Å²) in [5.41, 5.74) is 0.687. The van der Waals surface area contributed by atoms with Gasteiger partial charge < -0.3 is 10.1 Å². The Hall–Kier alpha value is -1.11. The van der Waals surface area contributed by atoms with Crippen molar-refractivity contribution in [1.82, 2.24) is 10.2 Å². The van der Waals surface area contributed by atoms with Crippen molar-refractivity contribution in [2.24, 2.45) is 0 Å². The minimum atomic E-state index is -4.26. The summed E-state index contributed by atoms with van der Waals surface area (Å²) in [6.45, 7) is 2.65. The Labute approximate surface area is 134 Å². The normalized spacial score (nSPS) is 26.9. The summed E-state index contributed by atoms with van der Waals surface area (Å²) in [7, 11) is 0. The third-order valence-electron chi connectivity index (χ3n) is 4.73. The Morgan fingerprint density at radius 1 is 1.26 bits per heavy atom. The quantitative estimate of drug-likeness (QED) is 0.899. The van der Waals surface area contributed by atoms with Crippen LogP contribution in [0.2, 0.25) is 0 Å². The summed E-state index contributed by atoms with van der Waals surface area (Å²) >= 11 is 0. The maximum absolute atomic E-state index is 13.3. The van der Waals surface area contributed by atoms with Gasteiger partial charge in [0, 0.05) is 19.1 Å². The predicted molar refractivity (Wildman–Crippen MR) is 82.3 cm³/mol. The van der Waals surface area contributed by atoms with Gasteiger partial charge in [-0.25, -0.2) is 0 Å². The van der Waals surface area contributed by atoms with Crippen molar-refractivity contribution in [3.05, 3.63) is 35.9 Å². The number of hydrogen-bond acceptors (Lipinski definition) is 3. The minimum Gasteiger partial charge on any atom is -0.374 e. The third-order valence-corrected chi connectivity index (χ3v) is 4.73. The van der Waals surface area contributed by atoms with Gasteiger partial charge in [0.2, 0.25) is 0 Å². The van der Waals surface area contributed by atoms with E-state index in [4.69, 9.17) is 4.74 Å². The number of hydrogen-bond donors (Lipinski definition) is 1. The van der Waals surface area contributed by atoms with E-state index in [1.807, 2.05) is 6.07 Å². The van der Waals surface area contributed by atoms with Gasteiger partial charge in [0.05, 0.1) is 12.7 Å². The average Bonchev–Trinajstić information content (AvgIpc) is 2.99. The van der Waals surface area contributed by atoms with Crippen molar-refractivity contribution < 1.29 is 17.9 Å². The van der Waals surface area contributed by atoms with Gasteiger partial charge >= 0.3 is 6.18 Å². The SMILES string of the molecule is FC(F)(F)[C@H](Cc1ccccc1)NC[C@@H]1CN2CCC[C@H]2CO1. The number of alkyl halides is 3. The van der Waals surface area contributed by atoms with E-state index in [0.29, 0.717) is 18.2 Å². The first kappa shape index (κ1) is 16.7. The number of fused-ring (bicyclic) bond motifs is 1. The standard InChI is InChI=1S/C17H23F3N2O/c18-17(19,20)16(9-13-5-2-1-3-6-13)21-10-15-11-22-8-4-7-14(22)12-23-15/h1-3,5-6,14-16,21H,4,7-12H2/t14-,15+,16-/m0/s1. The van der Waals surface area contributed by atoms with Gasteiger partial charge in [-0.2, -0.15) is 13.2 Å². The second-order valence-electron chi connectivity index (χ2n) is 6.44. The highest BCUT2D eigenvalue weighted by molar-refractivity contribution is 5.16. The Morgan fingerprint density at radius 3 is 2.78 bits per heavy atom. The van der Waals surface area contributed by atoms with Gasteiger partial charge in [0.15, 0.2) is 0 Å². The van der Waals surface area contributed by atoms with E-state index in [0.717, 1.165) is 25.9 Å². The summed E-state index contributed by atoms with van der Waals surface area (Å²) in [6, 6.07) is 7.72. The largest absolute Gasteiger partial charge is 0.404 e. The maximum Gasteiger partial charge on any atom is 0.404 e. The van der Waals surface area contributed by atoms with Gasteiger partial charge in [-0.1, -0.05) is 30.3 Å². The summed E-state index contributed by atoms with van der Waals surface area (Å²) in [6.07, 6.45) is -2.18. The summed E-state index contributed by atoms with van der Waals surface area (Å²) in [5.74, 6) is 0. The average molecular weight is 328 g/mol. The van der Waals surface area contributed by atoms with Gasteiger partial charge in [-0.05, 0) is 31.4 Å². The zero-order valence-corrected chi connectivity index (χ0v) is 13.1. The van der Waals surface area contributed by atoms with Crippen molar-refractivity contribution in [2.45, 2.75) is 43.6 Å². The molecule has 0 aliphatic carbocycles. The lowest BCUT2D eigenvalue weighted by Gasteiger charge is -2.36. The van der Waals surface area contributed by atoms with E-state index in [-0.39, 0.29) is 19.1 Å². The Morgan fingerprint density at radius 2 is 2.04 bits per heavy atom. The van der Waals surface area contributed by atoms with Crippen LogP contribution in [-0.4, -0.2) is 55.5 Å². The molecular formula is C17H23F3N2O. The molecule has 23 heavy (non-hydrogen) atoms. The Balaban J connectivity index is 1.54. The fourth-order valence-corrected chi connectivity index (χ4v) is 3.44. The third kappa shape index (κ3) is 4.46. The lowest BCUT2D eigenvalue weighted by molar-refractivity contribution is -0.158. The van der Waals surface area contributed by atoms with E-state index in [1.165, 1.54) is 0 Å². The Bertz CT molecular complexity index is 494. The molecule has 2 heterocycles. The van der Waals surface area contributed by atoms with Gasteiger partial charge in [0.25, 0.3) is 0 Å². The number of ether oxygens (including phenoxy) is 1. The van der Waals surface area contributed by atoms with Crippen molar-refractivity contribution in [3.63, 3.8) is 0 Å². The fourth-order valence-electron chi connectivity index (χ4n) is 3.44. The number of morpholine rings is 1. The Kier molecular flexibility index (Phi) is 5.24. The maximum atomic E-state index is 13.3. The van der Waals surface area contributed by atoms with Crippen molar-refractivity contribution in [1.29, 1.82) is 0 Å². The molecule has 6 heteroatoms. The molecule has 2 aliphatic rings. The van der Waals surface area contributed by atoms with E-state index >= 15 is 0 Å². The topological polar surface area (TPSA) is 24.5 Å². The molecule has 2 fully saturated rings. The molecule has 0 unspecified atom stereocenters. The number of rotatable bonds is 5. The molecule has 0 bridgehead atoms. The zero-order valence-electron chi connectivity index (χ0n) is 13.1. The predicted octanol–water partition coefficient (Wildman–Crippen LogP) is 2.61. The summed E-state index contributed by atoms with van der Waals surface area (Å²) in [5, 5.41) is 2.68. The highest BCUT2D eigenvalue weighted by atomic mass is 19.4. The smallest absolute Gasteiger partial charge is 0.374 e. The number of nitrogens with one attached hydrogen (secondary N) is 1. The molecule has 2 aliphatic heterocycles. The lowest BCUT2D eigenvalue weighted by Crippen LogP contribution is -2.53. The van der Waals surface area contributed by atoms with Crippen LogP contribution in [0.1, 0.15) is 18.4 Å². The van der Waals surface area contributed by atoms with Crippen LogP contribution in [-0.2, 0) is 11.2 Å². The molecule has 3 rings (SSSR count). The van der Waals surface area contributed by atoms with Crippen LogP contribution >= 0.6 is 0 Å². The van der Waals surface area contributed by atoms with E-state index in [1.54, 1.807) is 24.3 Å². The van der Waals surface area contributed by atoms with Crippen molar-refractivity contribution in [3.8, 4) is 0 Å². The van der Waals surface area contributed by atoms with Crippen molar-refractivity contribution in [2.75, 3.05) is 26.2 Å². The molecule has 0 amide bonds. The van der Waals surface area contributed by atoms with E-state index < -0.39 is 12.2 Å². The molecule has 3 nitrogen and oxygen atoms in total. The van der Waals surface area contributed by atoms with Crippen LogP contribution < -0.4 is 5.32 Å². The molecule has 1 aromatic carbocycles. The lowest BCUT2D eigenvalue weighted by atomic mass is 10.1. The molecule has 0 aromatic heterocycles. The van der Waals surface area contributed by atoms with Crippen LogP contribution in [0.15, 0.2) is 30.3 Å². The van der Waals surface area contributed by atoms with Gasteiger partial charge in [-0.3, -0.25) is 4.90 Å². The van der Waals surface area contributed by atoms with Crippen LogP contribution in [0.4, 0.5) is 13.2 Å². The number of halogens is 3. The zero-order chi connectivity index (χ0) is 16.3. The van der Waals surface area contributed by atoms with Gasteiger partial charge in [-0.15, -0.1) is 0 Å². The summed E-state index contributed by atoms with van der Waals surface area (Å²) in [4.78, 5) is 2.34. The molecule has 128 valence electrons. The first-order valence-electron chi connectivity index (χ1n) is 8.22. The molecule has 1 aromatic rings. The van der Waals surface area contributed by atoms with Crippen LogP contribution in [0.5, 0.6) is 0 Å². The van der Waals surface area contributed by atoms with Crippen molar-refractivity contribution >= 4 is 0 Å². The second kappa shape index (κ2) is 7.20. The molecule has 2 saturated heterocycles. The molecule has 3 atom stereocenters. The highest BCUT2D eigenvalue weighted by Gasteiger charge is 2.40. The summed E-state index contributed by atoms with van der Waals surface area (Å²) < 4.78 is 45.5. The molecule has 1 N–H and O–H groups in total.